The molecule has 0 aliphatic rings. The standard InChI is InChI=1S/C13H12F3N3/c1-8-5-9(2)18-12(6-8)19-10-3-4-17-11(7-10)13(14,15)16/h3-7H,1-2H3,(H,17,18,19). The topological polar surface area (TPSA) is 37.8 Å². The molecular weight excluding hydrogens is 255 g/mol. The van der Waals surface area contributed by atoms with Gasteiger partial charge in [-0.25, -0.2) is 4.98 Å². The highest BCUT2D eigenvalue weighted by molar-refractivity contribution is 5.57. The van der Waals surface area contributed by atoms with Gasteiger partial charge in [-0.1, -0.05) is 0 Å². The summed E-state index contributed by atoms with van der Waals surface area (Å²) in [6, 6.07) is 6.08. The molecule has 100 valence electrons. The molecule has 0 spiro atoms. The second-order valence-electron chi connectivity index (χ2n) is 4.22. The van der Waals surface area contributed by atoms with E-state index in [1.54, 1.807) is 6.07 Å². The minimum Gasteiger partial charge on any atom is -0.340 e. The van der Waals surface area contributed by atoms with E-state index in [0.717, 1.165) is 23.5 Å². The normalized spacial score (nSPS) is 11.4. The van der Waals surface area contributed by atoms with Crippen LogP contribution >= 0.6 is 0 Å². The van der Waals surface area contributed by atoms with E-state index in [9.17, 15) is 13.2 Å². The van der Waals surface area contributed by atoms with Gasteiger partial charge in [0.25, 0.3) is 0 Å². The van der Waals surface area contributed by atoms with Crippen LogP contribution in [-0.4, -0.2) is 9.97 Å². The van der Waals surface area contributed by atoms with Gasteiger partial charge in [0, 0.05) is 17.6 Å². The fourth-order valence-corrected chi connectivity index (χ4v) is 1.72. The summed E-state index contributed by atoms with van der Waals surface area (Å²) in [6.07, 6.45) is -3.33. The lowest BCUT2D eigenvalue weighted by Gasteiger charge is -2.10. The second kappa shape index (κ2) is 4.87. The Balaban J connectivity index is 2.28. The van der Waals surface area contributed by atoms with Gasteiger partial charge in [-0.2, -0.15) is 13.2 Å². The Morgan fingerprint density at radius 2 is 1.84 bits per heavy atom. The summed E-state index contributed by atoms with van der Waals surface area (Å²) in [4.78, 5) is 7.51. The van der Waals surface area contributed by atoms with E-state index in [4.69, 9.17) is 0 Å². The van der Waals surface area contributed by atoms with Crippen LogP contribution in [0.4, 0.5) is 24.7 Å². The maximum absolute atomic E-state index is 12.5. The number of nitrogens with zero attached hydrogens (tertiary/aromatic N) is 2. The Labute approximate surface area is 108 Å². The van der Waals surface area contributed by atoms with Crippen LogP contribution in [0.5, 0.6) is 0 Å². The molecule has 0 unspecified atom stereocenters. The van der Waals surface area contributed by atoms with Gasteiger partial charge < -0.3 is 5.32 Å². The Hall–Kier alpha value is -2.11. The molecule has 0 aromatic carbocycles. The lowest BCUT2D eigenvalue weighted by Crippen LogP contribution is -2.08. The highest BCUT2D eigenvalue weighted by Gasteiger charge is 2.32. The molecule has 0 saturated heterocycles. The first-order valence-electron chi connectivity index (χ1n) is 5.60. The largest absolute Gasteiger partial charge is 0.433 e. The molecule has 0 amide bonds. The monoisotopic (exact) mass is 267 g/mol. The Kier molecular flexibility index (Phi) is 3.42. The Bertz CT molecular complexity index is 574. The minimum atomic E-state index is -4.45. The lowest BCUT2D eigenvalue weighted by atomic mass is 10.2. The first-order chi connectivity index (χ1) is 8.84. The van der Waals surface area contributed by atoms with Crippen molar-refractivity contribution in [3.05, 3.63) is 47.4 Å². The summed E-state index contributed by atoms with van der Waals surface area (Å²) in [7, 11) is 0. The molecule has 2 aromatic rings. The zero-order chi connectivity index (χ0) is 14.0. The van der Waals surface area contributed by atoms with Crippen LogP contribution in [0.3, 0.4) is 0 Å². The molecule has 0 atom stereocenters. The predicted octanol–water partition coefficient (Wildman–Crippen LogP) is 3.86. The molecule has 2 rings (SSSR count). The van der Waals surface area contributed by atoms with E-state index in [2.05, 4.69) is 15.3 Å². The van der Waals surface area contributed by atoms with Gasteiger partial charge >= 0.3 is 6.18 Å². The highest BCUT2D eigenvalue weighted by atomic mass is 19.4. The first-order valence-corrected chi connectivity index (χ1v) is 5.60. The molecule has 3 nitrogen and oxygen atoms in total. The molecule has 0 aliphatic carbocycles. The van der Waals surface area contributed by atoms with Gasteiger partial charge in [-0.3, -0.25) is 4.98 Å². The van der Waals surface area contributed by atoms with Crippen molar-refractivity contribution in [1.82, 2.24) is 9.97 Å². The van der Waals surface area contributed by atoms with Crippen molar-refractivity contribution in [2.24, 2.45) is 0 Å². The van der Waals surface area contributed by atoms with Crippen molar-refractivity contribution in [1.29, 1.82) is 0 Å². The number of anilines is 2. The van der Waals surface area contributed by atoms with Crippen LogP contribution in [0.15, 0.2) is 30.5 Å². The van der Waals surface area contributed by atoms with E-state index in [-0.39, 0.29) is 0 Å². The second-order valence-corrected chi connectivity index (χ2v) is 4.22. The minimum absolute atomic E-state index is 0.305. The third-order valence-electron chi connectivity index (χ3n) is 2.42. The predicted molar refractivity (Wildman–Crippen MR) is 66.2 cm³/mol. The smallest absolute Gasteiger partial charge is 0.340 e. The fraction of sp³-hybridized carbons (Fsp3) is 0.231. The maximum atomic E-state index is 12.5. The van der Waals surface area contributed by atoms with E-state index in [1.807, 2.05) is 19.9 Å². The maximum Gasteiger partial charge on any atom is 0.433 e. The van der Waals surface area contributed by atoms with E-state index < -0.39 is 11.9 Å². The molecule has 0 aliphatic heterocycles. The Morgan fingerprint density at radius 1 is 1.11 bits per heavy atom. The van der Waals surface area contributed by atoms with Crippen molar-refractivity contribution in [2.75, 3.05) is 5.32 Å². The van der Waals surface area contributed by atoms with Crippen molar-refractivity contribution in [2.45, 2.75) is 20.0 Å². The van der Waals surface area contributed by atoms with Gasteiger partial charge in [0.1, 0.15) is 11.5 Å². The number of aryl methyl sites for hydroxylation is 2. The summed E-state index contributed by atoms with van der Waals surface area (Å²) >= 11 is 0. The zero-order valence-corrected chi connectivity index (χ0v) is 10.4. The van der Waals surface area contributed by atoms with Gasteiger partial charge in [0.2, 0.25) is 0 Å². The van der Waals surface area contributed by atoms with Crippen LogP contribution in [0.25, 0.3) is 0 Å². The third-order valence-corrected chi connectivity index (χ3v) is 2.42. The molecular formula is C13H12F3N3. The molecule has 0 fully saturated rings. The summed E-state index contributed by atoms with van der Waals surface area (Å²) in [5.41, 5.74) is 1.16. The number of halogens is 3. The average molecular weight is 267 g/mol. The third kappa shape index (κ3) is 3.43. The van der Waals surface area contributed by atoms with E-state index in [0.29, 0.717) is 11.5 Å². The summed E-state index contributed by atoms with van der Waals surface area (Å²) in [5.74, 6) is 0.511. The van der Waals surface area contributed by atoms with Crippen LogP contribution in [0, 0.1) is 13.8 Å². The highest BCUT2D eigenvalue weighted by Crippen LogP contribution is 2.29. The van der Waals surface area contributed by atoms with Crippen molar-refractivity contribution in [3.8, 4) is 0 Å². The van der Waals surface area contributed by atoms with Crippen LogP contribution < -0.4 is 5.32 Å². The molecule has 6 heteroatoms. The van der Waals surface area contributed by atoms with Gasteiger partial charge in [-0.05, 0) is 43.7 Å². The molecule has 2 heterocycles. The van der Waals surface area contributed by atoms with E-state index >= 15 is 0 Å². The van der Waals surface area contributed by atoms with Crippen molar-refractivity contribution in [3.63, 3.8) is 0 Å². The average Bonchev–Trinajstić information content (AvgIpc) is 2.26. The van der Waals surface area contributed by atoms with Crippen molar-refractivity contribution >= 4 is 11.5 Å². The lowest BCUT2D eigenvalue weighted by molar-refractivity contribution is -0.141. The summed E-state index contributed by atoms with van der Waals surface area (Å²) in [6.45, 7) is 3.72. The number of hydrogen-bond acceptors (Lipinski definition) is 3. The SMILES string of the molecule is Cc1cc(C)nc(Nc2ccnc(C(F)(F)F)c2)c1. The molecule has 0 saturated carbocycles. The van der Waals surface area contributed by atoms with Gasteiger partial charge in [0.15, 0.2) is 0 Å². The Morgan fingerprint density at radius 3 is 2.47 bits per heavy atom. The quantitative estimate of drug-likeness (QED) is 0.897. The zero-order valence-electron chi connectivity index (χ0n) is 10.4. The number of pyridine rings is 2. The van der Waals surface area contributed by atoms with Crippen molar-refractivity contribution < 1.29 is 13.2 Å². The van der Waals surface area contributed by atoms with Crippen LogP contribution in [0.1, 0.15) is 17.0 Å². The number of nitrogens with one attached hydrogen (secondary N) is 1. The number of aromatic nitrogens is 2. The molecule has 0 radical (unpaired) electrons. The fourth-order valence-electron chi connectivity index (χ4n) is 1.72. The number of alkyl halides is 3. The van der Waals surface area contributed by atoms with Crippen LogP contribution in [0.2, 0.25) is 0 Å². The summed E-state index contributed by atoms with van der Waals surface area (Å²) in [5, 5.41) is 2.85. The number of rotatable bonds is 2. The number of hydrogen-bond donors (Lipinski definition) is 1. The molecule has 2 aromatic heterocycles. The summed E-state index contributed by atoms with van der Waals surface area (Å²) < 4.78 is 37.6. The van der Waals surface area contributed by atoms with Crippen LogP contribution in [-0.2, 0) is 6.18 Å². The van der Waals surface area contributed by atoms with Gasteiger partial charge in [-0.15, -0.1) is 0 Å². The van der Waals surface area contributed by atoms with E-state index in [1.165, 1.54) is 6.07 Å². The molecule has 19 heavy (non-hydrogen) atoms. The molecule has 0 bridgehead atoms. The van der Waals surface area contributed by atoms with Gasteiger partial charge in [0.05, 0.1) is 0 Å². The first kappa shape index (κ1) is 13.3. The molecule has 1 N–H and O–H groups in total.